The largest absolute Gasteiger partial charge is 0.468 e. The van der Waals surface area contributed by atoms with Gasteiger partial charge in [-0.3, -0.25) is 4.79 Å². The monoisotopic (exact) mass is 437 g/mol. The third kappa shape index (κ3) is 3.93. The maximum Gasteiger partial charge on any atom is 0.319 e. The maximum absolute atomic E-state index is 12.2. The Morgan fingerprint density at radius 1 is 1.13 bits per heavy atom. The van der Waals surface area contributed by atoms with Crippen molar-refractivity contribution in [3.63, 3.8) is 0 Å². The van der Waals surface area contributed by atoms with Gasteiger partial charge in [-0.25, -0.2) is 9.97 Å². The molecule has 1 atom stereocenters. The van der Waals surface area contributed by atoms with Crippen LogP contribution in [-0.4, -0.2) is 32.9 Å². The first-order valence-electron chi connectivity index (χ1n) is 9.54. The zero-order valence-electron chi connectivity index (χ0n) is 16.6. The smallest absolute Gasteiger partial charge is 0.319 e. The summed E-state index contributed by atoms with van der Waals surface area (Å²) >= 11 is 7.49. The van der Waals surface area contributed by atoms with Gasteiger partial charge in [0.15, 0.2) is 0 Å². The standard InChI is InChI=1S/C23H20ClN3O2S/c1-3-19(23(28)29-2)30-22-20-18(15-7-5-4-6-8-15)13-27(21(20)25-14-26-22)17-11-9-16(24)10-12-17/h4-14,19H,3H2,1-2H3/t19-/m1/s1. The van der Waals surface area contributed by atoms with Gasteiger partial charge in [-0.2, -0.15) is 0 Å². The fourth-order valence-corrected chi connectivity index (χ4v) is 4.50. The molecule has 0 spiro atoms. The van der Waals surface area contributed by atoms with Crippen molar-refractivity contribution in [3.8, 4) is 16.8 Å². The molecule has 0 saturated carbocycles. The number of benzene rings is 2. The maximum atomic E-state index is 12.2. The van der Waals surface area contributed by atoms with Gasteiger partial charge in [0.1, 0.15) is 22.3 Å². The van der Waals surface area contributed by atoms with E-state index in [0.717, 1.165) is 32.9 Å². The summed E-state index contributed by atoms with van der Waals surface area (Å²) in [6.45, 7) is 1.96. The summed E-state index contributed by atoms with van der Waals surface area (Å²) in [5.74, 6) is -0.257. The van der Waals surface area contributed by atoms with E-state index in [1.807, 2.05) is 54.0 Å². The fraction of sp³-hybridized carbons (Fsp3) is 0.174. The molecule has 0 saturated heterocycles. The number of aromatic nitrogens is 3. The SMILES string of the molecule is CC[C@@H](Sc1ncnc2c1c(-c1ccccc1)cn2-c1ccc(Cl)cc1)C(=O)OC. The summed E-state index contributed by atoms with van der Waals surface area (Å²) in [4.78, 5) is 21.3. The minimum Gasteiger partial charge on any atom is -0.468 e. The van der Waals surface area contributed by atoms with Crippen molar-refractivity contribution in [2.45, 2.75) is 23.6 Å². The van der Waals surface area contributed by atoms with Gasteiger partial charge in [0.05, 0.1) is 12.5 Å². The molecular formula is C23H20ClN3O2S. The Balaban J connectivity index is 1.93. The van der Waals surface area contributed by atoms with Gasteiger partial charge in [0, 0.05) is 22.5 Å². The highest BCUT2D eigenvalue weighted by Crippen LogP contribution is 2.38. The highest BCUT2D eigenvalue weighted by molar-refractivity contribution is 8.00. The second kappa shape index (κ2) is 8.90. The molecule has 30 heavy (non-hydrogen) atoms. The Bertz CT molecular complexity index is 1180. The van der Waals surface area contributed by atoms with Gasteiger partial charge in [0.2, 0.25) is 0 Å². The number of carbonyl (C=O) groups excluding carboxylic acids is 1. The van der Waals surface area contributed by atoms with Crippen molar-refractivity contribution >= 4 is 40.4 Å². The number of ether oxygens (including phenoxy) is 1. The quantitative estimate of drug-likeness (QED) is 0.217. The van der Waals surface area contributed by atoms with Crippen molar-refractivity contribution in [1.82, 2.24) is 14.5 Å². The number of esters is 1. The number of methoxy groups -OCH3 is 1. The molecule has 2 aromatic carbocycles. The second-order valence-corrected chi connectivity index (χ2v) is 8.30. The van der Waals surface area contributed by atoms with Crippen LogP contribution in [-0.2, 0) is 9.53 Å². The molecule has 152 valence electrons. The van der Waals surface area contributed by atoms with Crippen molar-refractivity contribution in [2.24, 2.45) is 0 Å². The van der Waals surface area contributed by atoms with Crippen LogP contribution in [0.15, 0.2) is 72.1 Å². The first-order chi connectivity index (χ1) is 14.6. The molecule has 5 nitrogen and oxygen atoms in total. The van der Waals surface area contributed by atoms with Gasteiger partial charge in [-0.05, 0) is 36.2 Å². The molecule has 4 aromatic rings. The zero-order valence-corrected chi connectivity index (χ0v) is 18.2. The minimum absolute atomic E-state index is 0.257. The molecule has 0 unspecified atom stereocenters. The van der Waals surface area contributed by atoms with Gasteiger partial charge in [0.25, 0.3) is 0 Å². The number of hydrogen-bond donors (Lipinski definition) is 0. The number of halogens is 1. The molecule has 0 aliphatic rings. The number of carbonyl (C=O) groups is 1. The molecule has 2 aromatic heterocycles. The van der Waals surface area contributed by atoms with Crippen LogP contribution in [0.4, 0.5) is 0 Å². The van der Waals surface area contributed by atoms with Gasteiger partial charge in [-0.15, -0.1) is 0 Å². The normalized spacial score (nSPS) is 12.1. The summed E-state index contributed by atoms with van der Waals surface area (Å²) in [7, 11) is 1.41. The van der Waals surface area contributed by atoms with Crippen LogP contribution in [0.5, 0.6) is 0 Å². The van der Waals surface area contributed by atoms with Crippen LogP contribution < -0.4 is 0 Å². The van der Waals surface area contributed by atoms with Crippen LogP contribution in [0.1, 0.15) is 13.3 Å². The average Bonchev–Trinajstić information content (AvgIpc) is 3.18. The lowest BCUT2D eigenvalue weighted by molar-refractivity contribution is -0.140. The highest BCUT2D eigenvalue weighted by atomic mass is 35.5. The number of fused-ring (bicyclic) bond motifs is 1. The number of nitrogens with zero attached hydrogens (tertiary/aromatic N) is 3. The van der Waals surface area contributed by atoms with E-state index in [-0.39, 0.29) is 11.2 Å². The lowest BCUT2D eigenvalue weighted by Crippen LogP contribution is -2.17. The third-order valence-corrected chi connectivity index (χ3v) is 6.42. The average molecular weight is 438 g/mol. The Morgan fingerprint density at radius 2 is 1.87 bits per heavy atom. The van der Waals surface area contributed by atoms with E-state index in [9.17, 15) is 4.79 Å². The van der Waals surface area contributed by atoms with Crippen LogP contribution in [0.2, 0.25) is 5.02 Å². The summed E-state index contributed by atoms with van der Waals surface area (Å²) in [5.41, 5.74) is 3.77. The van der Waals surface area contributed by atoms with E-state index < -0.39 is 0 Å². The molecule has 0 N–H and O–H groups in total. The topological polar surface area (TPSA) is 57.0 Å². The Kier molecular flexibility index (Phi) is 6.06. The summed E-state index contributed by atoms with van der Waals surface area (Å²) in [5, 5.41) is 2.00. The second-order valence-electron chi connectivity index (χ2n) is 6.67. The number of thioether (sulfide) groups is 1. The van der Waals surface area contributed by atoms with Crippen LogP contribution in [0.3, 0.4) is 0 Å². The highest BCUT2D eigenvalue weighted by Gasteiger charge is 2.23. The van der Waals surface area contributed by atoms with Crippen LogP contribution in [0, 0.1) is 0 Å². The van der Waals surface area contributed by atoms with Crippen molar-refractivity contribution in [2.75, 3.05) is 7.11 Å². The fourth-order valence-electron chi connectivity index (χ4n) is 3.32. The Hall–Kier alpha value is -2.83. The lowest BCUT2D eigenvalue weighted by Gasteiger charge is -2.12. The van der Waals surface area contributed by atoms with Crippen molar-refractivity contribution < 1.29 is 9.53 Å². The molecule has 0 aliphatic heterocycles. The molecule has 0 bridgehead atoms. The van der Waals surface area contributed by atoms with Gasteiger partial charge >= 0.3 is 5.97 Å². The molecule has 7 heteroatoms. The van der Waals surface area contributed by atoms with E-state index in [1.54, 1.807) is 0 Å². The van der Waals surface area contributed by atoms with Crippen molar-refractivity contribution in [1.29, 1.82) is 0 Å². The number of hydrogen-bond acceptors (Lipinski definition) is 5. The minimum atomic E-state index is -0.337. The lowest BCUT2D eigenvalue weighted by atomic mass is 10.1. The summed E-state index contributed by atoms with van der Waals surface area (Å²) in [6.07, 6.45) is 4.23. The van der Waals surface area contributed by atoms with E-state index in [4.69, 9.17) is 16.3 Å². The molecule has 0 aliphatic carbocycles. The van der Waals surface area contributed by atoms with E-state index >= 15 is 0 Å². The first kappa shape index (κ1) is 20.4. The van der Waals surface area contributed by atoms with Crippen LogP contribution in [0.25, 0.3) is 27.8 Å². The first-order valence-corrected chi connectivity index (χ1v) is 10.8. The molecule has 0 radical (unpaired) electrons. The molecular weight excluding hydrogens is 418 g/mol. The van der Waals surface area contributed by atoms with E-state index in [0.29, 0.717) is 11.4 Å². The van der Waals surface area contributed by atoms with Crippen LogP contribution >= 0.6 is 23.4 Å². The zero-order chi connectivity index (χ0) is 21.1. The third-order valence-electron chi connectivity index (χ3n) is 4.83. The van der Waals surface area contributed by atoms with E-state index in [2.05, 4.69) is 28.3 Å². The molecule has 0 fully saturated rings. The summed E-state index contributed by atoms with van der Waals surface area (Å²) < 4.78 is 6.99. The van der Waals surface area contributed by atoms with Gasteiger partial charge < -0.3 is 9.30 Å². The van der Waals surface area contributed by atoms with Gasteiger partial charge in [-0.1, -0.05) is 60.6 Å². The Labute approximate surface area is 184 Å². The molecule has 2 heterocycles. The number of rotatable bonds is 6. The Morgan fingerprint density at radius 3 is 2.53 bits per heavy atom. The van der Waals surface area contributed by atoms with Crippen molar-refractivity contribution in [3.05, 3.63) is 72.1 Å². The predicted octanol–water partition coefficient (Wildman–Crippen LogP) is 5.78. The summed E-state index contributed by atoms with van der Waals surface area (Å²) in [6, 6.07) is 17.7. The predicted molar refractivity (Wildman–Crippen MR) is 121 cm³/mol. The van der Waals surface area contributed by atoms with E-state index in [1.165, 1.54) is 25.2 Å². The molecule has 4 rings (SSSR count). The molecule has 0 amide bonds.